The van der Waals surface area contributed by atoms with Gasteiger partial charge in [-0.1, -0.05) is 30.3 Å². The lowest BCUT2D eigenvalue weighted by Crippen LogP contribution is -2.45. The normalized spacial score (nSPS) is 16.2. The molecule has 0 bridgehead atoms. The number of hydrogen-bond acceptors (Lipinski definition) is 6. The van der Waals surface area contributed by atoms with Crippen molar-refractivity contribution in [1.29, 1.82) is 0 Å². The van der Waals surface area contributed by atoms with Crippen molar-refractivity contribution in [3.63, 3.8) is 0 Å². The molecule has 1 fully saturated rings. The highest BCUT2D eigenvalue weighted by Gasteiger charge is 2.55. The summed E-state index contributed by atoms with van der Waals surface area (Å²) < 4.78 is 81.0. The van der Waals surface area contributed by atoms with Crippen molar-refractivity contribution < 1.29 is 25.6 Å². The molecule has 13 heteroatoms. The van der Waals surface area contributed by atoms with Gasteiger partial charge in [0.2, 0.25) is 0 Å². The first kappa shape index (κ1) is 19.8. The predicted octanol–water partition coefficient (Wildman–Crippen LogP) is 0.835. The van der Waals surface area contributed by atoms with Crippen molar-refractivity contribution >= 4 is 20.2 Å². The molecule has 1 aromatic heterocycles. The van der Waals surface area contributed by atoms with E-state index in [0.717, 1.165) is 16.4 Å². The van der Waals surface area contributed by atoms with Crippen LogP contribution in [0.15, 0.2) is 41.8 Å². The smallest absolute Gasteiger partial charge is 0.203 e. The zero-order valence-corrected chi connectivity index (χ0v) is 16.0. The fourth-order valence-electron chi connectivity index (χ4n) is 2.37. The molecule has 0 atom stereocenters. The van der Waals surface area contributed by atoms with E-state index in [1.165, 1.54) is 32.3 Å². The molecule has 2 aromatic rings. The van der Waals surface area contributed by atoms with Crippen LogP contribution in [0.1, 0.15) is 18.4 Å². The molecule has 0 saturated heterocycles. The third-order valence-electron chi connectivity index (χ3n) is 3.91. The molecule has 1 heterocycles. The minimum absolute atomic E-state index is 0.0668. The highest BCUT2D eigenvalue weighted by Crippen LogP contribution is 2.44. The largest absolute Gasteiger partial charge is 0.344 e. The van der Waals surface area contributed by atoms with Crippen LogP contribution in [0.2, 0.25) is 0 Å². The number of benzene rings is 1. The minimum Gasteiger partial charge on any atom is -0.203 e. The lowest BCUT2D eigenvalue weighted by Gasteiger charge is -2.29. The van der Waals surface area contributed by atoms with Gasteiger partial charge in [0.15, 0.2) is 0 Å². The Morgan fingerprint density at radius 2 is 1.70 bits per heavy atom. The van der Waals surface area contributed by atoms with Crippen LogP contribution < -0.4 is 0 Å². The standard InChI is InChI=1S/C14H17F2N5O4S2/c1-19(2)27(24,25)20-10-17-13(18-20)26(22,23)21(12-8-9-12)14(15,16)11-6-4-3-5-7-11/h3-7,10,12H,8-9H2,1-2H3. The summed E-state index contributed by atoms with van der Waals surface area (Å²) in [4.78, 5) is 3.46. The Morgan fingerprint density at radius 3 is 2.22 bits per heavy atom. The van der Waals surface area contributed by atoms with Gasteiger partial charge in [0.25, 0.3) is 15.2 Å². The van der Waals surface area contributed by atoms with Gasteiger partial charge in [-0.25, -0.2) is 13.4 Å². The van der Waals surface area contributed by atoms with Gasteiger partial charge >= 0.3 is 16.3 Å². The van der Waals surface area contributed by atoms with Crippen LogP contribution >= 0.6 is 0 Å². The maximum absolute atomic E-state index is 15.0. The summed E-state index contributed by atoms with van der Waals surface area (Å²) in [5.74, 6) is 0. The van der Waals surface area contributed by atoms with E-state index in [0.29, 0.717) is 10.4 Å². The van der Waals surface area contributed by atoms with Crippen LogP contribution in [-0.2, 0) is 26.3 Å². The number of halogens is 2. The van der Waals surface area contributed by atoms with E-state index in [1.54, 1.807) is 0 Å². The third kappa shape index (κ3) is 3.47. The Hall–Kier alpha value is -1.96. The number of nitrogens with zero attached hydrogens (tertiary/aromatic N) is 5. The molecule has 27 heavy (non-hydrogen) atoms. The molecule has 148 valence electrons. The molecule has 0 aliphatic heterocycles. The van der Waals surface area contributed by atoms with Crippen LogP contribution in [0.25, 0.3) is 0 Å². The average Bonchev–Trinajstić information content (AvgIpc) is 3.26. The summed E-state index contributed by atoms with van der Waals surface area (Å²) in [5.41, 5.74) is -0.499. The first-order valence-corrected chi connectivity index (χ1v) is 10.7. The lowest BCUT2D eigenvalue weighted by atomic mass is 10.2. The van der Waals surface area contributed by atoms with E-state index < -0.39 is 43.0 Å². The number of alkyl halides is 2. The molecule has 0 amide bonds. The monoisotopic (exact) mass is 421 g/mol. The van der Waals surface area contributed by atoms with E-state index in [4.69, 9.17) is 0 Å². The Kier molecular flexibility index (Phi) is 4.82. The first-order chi connectivity index (χ1) is 12.5. The zero-order chi connectivity index (χ0) is 20.0. The van der Waals surface area contributed by atoms with E-state index in [9.17, 15) is 16.8 Å². The summed E-state index contributed by atoms with van der Waals surface area (Å²) in [6.45, 7) is 0. The minimum atomic E-state index is -4.85. The summed E-state index contributed by atoms with van der Waals surface area (Å²) in [7, 11) is -6.55. The van der Waals surface area contributed by atoms with E-state index in [2.05, 4.69) is 10.1 Å². The molecule has 1 aliphatic carbocycles. The van der Waals surface area contributed by atoms with Crippen molar-refractivity contribution in [2.24, 2.45) is 0 Å². The van der Waals surface area contributed by atoms with Gasteiger partial charge in [-0.3, -0.25) is 0 Å². The summed E-state index contributed by atoms with van der Waals surface area (Å²) >= 11 is 0. The van der Waals surface area contributed by atoms with Crippen molar-refractivity contribution in [2.75, 3.05) is 14.1 Å². The van der Waals surface area contributed by atoms with Crippen molar-refractivity contribution in [2.45, 2.75) is 30.1 Å². The van der Waals surface area contributed by atoms with Crippen LogP contribution in [-0.4, -0.2) is 59.8 Å². The van der Waals surface area contributed by atoms with Crippen LogP contribution in [0.5, 0.6) is 0 Å². The lowest BCUT2D eigenvalue weighted by molar-refractivity contribution is -0.112. The zero-order valence-electron chi connectivity index (χ0n) is 14.4. The number of rotatable bonds is 7. The van der Waals surface area contributed by atoms with Gasteiger partial charge in [0.05, 0.1) is 0 Å². The maximum atomic E-state index is 15.0. The van der Waals surface area contributed by atoms with Crippen LogP contribution in [0, 0.1) is 0 Å². The summed E-state index contributed by atoms with van der Waals surface area (Å²) in [6.07, 6.45) is 1.19. The van der Waals surface area contributed by atoms with Gasteiger partial charge < -0.3 is 0 Å². The SMILES string of the molecule is CN(C)S(=O)(=O)n1cnc(S(=O)(=O)N(C2CC2)C(F)(F)c2ccccc2)n1. The first-order valence-electron chi connectivity index (χ1n) is 7.81. The third-order valence-corrected chi connectivity index (χ3v) is 7.18. The number of sulfonamides is 1. The van der Waals surface area contributed by atoms with Crippen molar-refractivity contribution in [3.8, 4) is 0 Å². The molecule has 0 radical (unpaired) electrons. The van der Waals surface area contributed by atoms with Gasteiger partial charge in [-0.15, -0.1) is 13.5 Å². The maximum Gasteiger partial charge on any atom is 0.344 e. The van der Waals surface area contributed by atoms with Crippen molar-refractivity contribution in [1.82, 2.24) is 22.8 Å². The van der Waals surface area contributed by atoms with Crippen LogP contribution in [0.4, 0.5) is 8.78 Å². The average molecular weight is 421 g/mol. The second-order valence-electron chi connectivity index (χ2n) is 6.13. The molecule has 1 saturated carbocycles. The molecule has 0 unspecified atom stereocenters. The Morgan fingerprint density at radius 1 is 1.11 bits per heavy atom. The summed E-state index contributed by atoms with van der Waals surface area (Å²) in [5, 5.41) is 2.42. The Labute approximate surface area is 155 Å². The topological polar surface area (TPSA) is 105 Å². The van der Waals surface area contributed by atoms with Crippen LogP contribution in [0.3, 0.4) is 0 Å². The molecule has 9 nitrogen and oxygen atoms in total. The molecular formula is C14H17F2N5O4S2. The van der Waals surface area contributed by atoms with E-state index >= 15 is 8.78 Å². The van der Waals surface area contributed by atoms with Gasteiger partial charge in [0.1, 0.15) is 6.33 Å². The van der Waals surface area contributed by atoms with Gasteiger partial charge in [-0.05, 0) is 12.8 Å². The van der Waals surface area contributed by atoms with Gasteiger partial charge in [-0.2, -0.15) is 21.5 Å². The second kappa shape index (κ2) is 6.58. The fourth-order valence-corrected chi connectivity index (χ4v) is 4.66. The predicted molar refractivity (Wildman–Crippen MR) is 90.4 cm³/mol. The fraction of sp³-hybridized carbons (Fsp3) is 0.429. The number of hydrogen-bond donors (Lipinski definition) is 0. The van der Waals surface area contributed by atoms with E-state index in [-0.39, 0.29) is 17.1 Å². The quantitative estimate of drug-likeness (QED) is 0.614. The van der Waals surface area contributed by atoms with Gasteiger partial charge in [0, 0.05) is 25.7 Å². The molecule has 0 N–H and O–H groups in total. The van der Waals surface area contributed by atoms with E-state index in [1.807, 2.05) is 0 Å². The Balaban J connectivity index is 2.06. The molecule has 3 rings (SSSR count). The molecule has 1 aromatic carbocycles. The molecule has 0 spiro atoms. The highest BCUT2D eigenvalue weighted by atomic mass is 32.2. The van der Waals surface area contributed by atoms with Crippen molar-refractivity contribution in [3.05, 3.63) is 42.2 Å². The second-order valence-corrected chi connectivity index (χ2v) is 9.84. The molecule has 1 aliphatic rings. The highest BCUT2D eigenvalue weighted by molar-refractivity contribution is 7.89. The number of aromatic nitrogens is 3. The Bertz CT molecular complexity index is 1030. The summed E-state index contributed by atoms with van der Waals surface area (Å²) in [6, 6.07) is 1.76. The molecular weight excluding hydrogens is 404 g/mol.